The molecule has 1 unspecified atom stereocenters. The van der Waals surface area contributed by atoms with E-state index in [1.54, 1.807) is 30.5 Å². The van der Waals surface area contributed by atoms with E-state index in [4.69, 9.17) is 11.5 Å². The van der Waals surface area contributed by atoms with Crippen molar-refractivity contribution in [1.29, 1.82) is 0 Å². The van der Waals surface area contributed by atoms with E-state index in [0.29, 0.717) is 11.4 Å². The molecule has 156 valence electrons. The van der Waals surface area contributed by atoms with Crippen LogP contribution in [0.15, 0.2) is 48.8 Å². The van der Waals surface area contributed by atoms with Crippen LogP contribution in [-0.2, 0) is 11.0 Å². The second kappa shape index (κ2) is 8.46. The minimum atomic E-state index is -4.56. The number of primary amides is 1. The number of nitrogens with one attached hydrogen (secondary N) is 1. The maximum absolute atomic E-state index is 12.9. The molecule has 0 saturated heterocycles. The topological polar surface area (TPSA) is 120 Å². The van der Waals surface area contributed by atoms with Gasteiger partial charge in [-0.05, 0) is 42.3 Å². The molecule has 0 fully saturated rings. The van der Waals surface area contributed by atoms with Gasteiger partial charge in [-0.15, -0.1) is 0 Å². The third-order valence-corrected chi connectivity index (χ3v) is 4.20. The molecule has 0 radical (unpaired) electrons. The Bertz CT molecular complexity index is 1050. The number of anilines is 2. The minimum Gasteiger partial charge on any atom is -0.370 e. The third kappa shape index (κ3) is 5.29. The quantitative estimate of drug-likeness (QED) is 0.566. The predicted molar refractivity (Wildman–Crippen MR) is 105 cm³/mol. The van der Waals surface area contributed by atoms with Gasteiger partial charge in [0.1, 0.15) is 5.69 Å². The molecule has 1 aromatic carbocycles. The van der Waals surface area contributed by atoms with Gasteiger partial charge in [-0.1, -0.05) is 12.1 Å². The first-order valence-electron chi connectivity index (χ1n) is 8.91. The first-order chi connectivity index (χ1) is 14.1. The molecule has 0 saturated carbocycles. The molecule has 2 heterocycles. The van der Waals surface area contributed by atoms with Crippen LogP contribution in [0.5, 0.6) is 0 Å². The molecular formula is C20H19F3N6O. The standard InChI is InChI=1S/C20H19F3N6O/c1-11-6-13(12-2-3-16(27-10-12)15(24)9-18(25)30)8-14(7-11)28-19-26-5-4-17(29-19)20(21,22)23/h2-8,10,15H,9,24H2,1H3,(H2,25,30)(H,26,28,29). The highest BCUT2D eigenvalue weighted by Crippen LogP contribution is 2.29. The largest absolute Gasteiger partial charge is 0.433 e. The van der Waals surface area contributed by atoms with E-state index < -0.39 is 23.8 Å². The summed E-state index contributed by atoms with van der Waals surface area (Å²) < 4.78 is 38.6. The van der Waals surface area contributed by atoms with Crippen molar-refractivity contribution >= 4 is 17.5 Å². The van der Waals surface area contributed by atoms with Gasteiger partial charge in [0.25, 0.3) is 0 Å². The number of hydrogen-bond donors (Lipinski definition) is 3. The van der Waals surface area contributed by atoms with Gasteiger partial charge in [0.15, 0.2) is 0 Å². The number of nitrogens with zero attached hydrogens (tertiary/aromatic N) is 3. The average molecular weight is 416 g/mol. The summed E-state index contributed by atoms with van der Waals surface area (Å²) >= 11 is 0. The van der Waals surface area contributed by atoms with Crippen molar-refractivity contribution < 1.29 is 18.0 Å². The Morgan fingerprint density at radius 3 is 2.53 bits per heavy atom. The summed E-state index contributed by atoms with van der Waals surface area (Å²) in [6, 6.07) is 9.12. The normalized spacial score (nSPS) is 12.4. The van der Waals surface area contributed by atoms with Crippen LogP contribution >= 0.6 is 0 Å². The number of carbonyl (C=O) groups excluding carboxylic acids is 1. The third-order valence-electron chi connectivity index (χ3n) is 4.20. The lowest BCUT2D eigenvalue weighted by molar-refractivity contribution is -0.141. The first-order valence-corrected chi connectivity index (χ1v) is 8.91. The lowest BCUT2D eigenvalue weighted by Crippen LogP contribution is -2.21. The van der Waals surface area contributed by atoms with Crippen LogP contribution in [0.1, 0.15) is 29.4 Å². The van der Waals surface area contributed by atoms with Crippen molar-refractivity contribution in [2.24, 2.45) is 11.5 Å². The molecule has 0 bridgehead atoms. The smallest absolute Gasteiger partial charge is 0.370 e. The van der Waals surface area contributed by atoms with Crippen molar-refractivity contribution in [2.45, 2.75) is 25.6 Å². The fourth-order valence-electron chi connectivity index (χ4n) is 2.84. The van der Waals surface area contributed by atoms with Crippen LogP contribution in [0, 0.1) is 6.92 Å². The van der Waals surface area contributed by atoms with Crippen LogP contribution in [0.4, 0.5) is 24.8 Å². The molecule has 3 aromatic rings. The van der Waals surface area contributed by atoms with E-state index in [2.05, 4.69) is 20.3 Å². The highest BCUT2D eigenvalue weighted by molar-refractivity contribution is 5.74. The van der Waals surface area contributed by atoms with Crippen molar-refractivity contribution in [3.05, 3.63) is 65.7 Å². The molecule has 0 spiro atoms. The monoisotopic (exact) mass is 416 g/mol. The Morgan fingerprint density at radius 1 is 1.13 bits per heavy atom. The molecule has 30 heavy (non-hydrogen) atoms. The molecule has 0 aliphatic heterocycles. The van der Waals surface area contributed by atoms with Crippen molar-refractivity contribution in [2.75, 3.05) is 5.32 Å². The Labute approximate surface area is 170 Å². The van der Waals surface area contributed by atoms with E-state index >= 15 is 0 Å². The summed E-state index contributed by atoms with van der Waals surface area (Å²) in [6.45, 7) is 1.85. The SMILES string of the molecule is Cc1cc(Nc2nccc(C(F)(F)F)n2)cc(-c2ccc(C(N)CC(N)=O)nc2)c1. The Morgan fingerprint density at radius 2 is 1.90 bits per heavy atom. The summed E-state index contributed by atoms with van der Waals surface area (Å²) in [5.74, 6) is -0.674. The number of carbonyl (C=O) groups is 1. The first kappa shape index (κ1) is 21.2. The number of pyridine rings is 1. The summed E-state index contributed by atoms with van der Waals surface area (Å²) in [7, 11) is 0. The second-order valence-electron chi connectivity index (χ2n) is 6.72. The van der Waals surface area contributed by atoms with Crippen molar-refractivity contribution in [1.82, 2.24) is 15.0 Å². The van der Waals surface area contributed by atoms with Crippen LogP contribution in [-0.4, -0.2) is 20.9 Å². The number of aryl methyl sites for hydroxylation is 1. The zero-order chi connectivity index (χ0) is 21.9. The molecule has 0 aliphatic carbocycles. The summed E-state index contributed by atoms with van der Waals surface area (Å²) in [5, 5.41) is 2.80. The van der Waals surface area contributed by atoms with E-state index in [0.717, 1.165) is 29.0 Å². The van der Waals surface area contributed by atoms with Gasteiger partial charge < -0.3 is 16.8 Å². The number of halogens is 3. The number of alkyl halides is 3. The molecular weight excluding hydrogens is 397 g/mol. The minimum absolute atomic E-state index is 0.0121. The van der Waals surface area contributed by atoms with Crippen LogP contribution < -0.4 is 16.8 Å². The number of benzene rings is 1. The molecule has 1 atom stereocenters. The molecule has 1 amide bonds. The molecule has 0 aliphatic rings. The Kier molecular flexibility index (Phi) is 5.97. The van der Waals surface area contributed by atoms with E-state index in [1.807, 2.05) is 13.0 Å². The van der Waals surface area contributed by atoms with Crippen LogP contribution in [0.3, 0.4) is 0 Å². The summed E-state index contributed by atoms with van der Waals surface area (Å²) in [6.07, 6.45) is -1.91. The van der Waals surface area contributed by atoms with Crippen LogP contribution in [0.2, 0.25) is 0 Å². The highest BCUT2D eigenvalue weighted by atomic mass is 19.4. The number of nitrogens with two attached hydrogens (primary N) is 2. The van der Waals surface area contributed by atoms with Gasteiger partial charge in [-0.3, -0.25) is 9.78 Å². The van der Waals surface area contributed by atoms with Gasteiger partial charge >= 0.3 is 6.18 Å². The van der Waals surface area contributed by atoms with Gasteiger partial charge in [0, 0.05) is 30.1 Å². The van der Waals surface area contributed by atoms with Crippen molar-refractivity contribution in [3.8, 4) is 11.1 Å². The van der Waals surface area contributed by atoms with Gasteiger partial charge in [-0.25, -0.2) is 9.97 Å². The summed E-state index contributed by atoms with van der Waals surface area (Å²) in [5.41, 5.74) is 13.5. The summed E-state index contributed by atoms with van der Waals surface area (Å²) in [4.78, 5) is 22.7. The number of aromatic nitrogens is 3. The molecule has 10 heteroatoms. The van der Waals surface area contributed by atoms with Crippen LogP contribution in [0.25, 0.3) is 11.1 Å². The maximum atomic E-state index is 12.9. The lowest BCUT2D eigenvalue weighted by Gasteiger charge is -2.12. The van der Waals surface area contributed by atoms with Gasteiger partial charge in [0.05, 0.1) is 11.7 Å². The molecule has 5 N–H and O–H groups in total. The lowest BCUT2D eigenvalue weighted by atomic mass is 10.0. The number of hydrogen-bond acceptors (Lipinski definition) is 6. The number of amides is 1. The Hall–Kier alpha value is -3.53. The zero-order valence-corrected chi connectivity index (χ0v) is 15.9. The van der Waals surface area contributed by atoms with Gasteiger partial charge in [0.2, 0.25) is 11.9 Å². The van der Waals surface area contributed by atoms with Crippen molar-refractivity contribution in [3.63, 3.8) is 0 Å². The highest BCUT2D eigenvalue weighted by Gasteiger charge is 2.32. The average Bonchev–Trinajstić information content (AvgIpc) is 2.67. The maximum Gasteiger partial charge on any atom is 0.433 e. The fourth-order valence-corrected chi connectivity index (χ4v) is 2.84. The second-order valence-corrected chi connectivity index (χ2v) is 6.72. The molecule has 7 nitrogen and oxygen atoms in total. The fraction of sp³-hybridized carbons (Fsp3) is 0.200. The van der Waals surface area contributed by atoms with E-state index in [1.165, 1.54) is 0 Å². The number of rotatable bonds is 6. The van der Waals surface area contributed by atoms with Gasteiger partial charge in [-0.2, -0.15) is 13.2 Å². The molecule has 2 aromatic heterocycles. The van der Waals surface area contributed by atoms with E-state index in [9.17, 15) is 18.0 Å². The zero-order valence-electron chi connectivity index (χ0n) is 15.9. The van der Waals surface area contributed by atoms with E-state index in [-0.39, 0.29) is 12.4 Å². The predicted octanol–water partition coefficient (Wildman–Crippen LogP) is 3.48. The Balaban J connectivity index is 1.85. The molecule has 3 rings (SSSR count).